The summed E-state index contributed by atoms with van der Waals surface area (Å²) in [5, 5.41) is 18.0. The largest absolute Gasteiger partial charge is 0.332 e. The monoisotopic (exact) mass is 335 g/mol. The van der Waals surface area contributed by atoms with Crippen LogP contribution in [0.15, 0.2) is 23.0 Å². The molecule has 0 unspecified atom stereocenters. The first-order valence-electron chi connectivity index (χ1n) is 6.54. The smallest absolute Gasteiger partial charge is 0.321 e. The summed E-state index contributed by atoms with van der Waals surface area (Å²) in [5.41, 5.74) is 1.65. The van der Waals surface area contributed by atoms with Gasteiger partial charge in [0.15, 0.2) is 5.82 Å². The van der Waals surface area contributed by atoms with Gasteiger partial charge >= 0.3 is 6.03 Å². The first kappa shape index (κ1) is 14.6. The normalized spacial score (nSPS) is 10.6. The van der Waals surface area contributed by atoms with E-state index in [1.54, 1.807) is 22.3 Å². The molecule has 0 aliphatic rings. The van der Waals surface area contributed by atoms with Crippen LogP contribution in [0.3, 0.4) is 0 Å². The Kier molecular flexibility index (Phi) is 4.39. The molecule has 0 aliphatic heterocycles. The molecule has 114 valence electrons. The lowest BCUT2D eigenvalue weighted by molar-refractivity contribution is 0.251. The van der Waals surface area contributed by atoms with Crippen LogP contribution >= 0.6 is 22.9 Å². The van der Waals surface area contributed by atoms with Crippen LogP contribution in [0, 0.1) is 0 Å². The Bertz CT molecular complexity index is 749. The third-order valence-electron chi connectivity index (χ3n) is 2.72. The summed E-state index contributed by atoms with van der Waals surface area (Å²) in [7, 11) is 0. The lowest BCUT2D eigenvalue weighted by Crippen LogP contribution is -2.28. The molecule has 0 fully saturated rings. The standard InChI is InChI=1S/C12H13N7OS2/c1-2-19-14-6-9(17-19)5-13-11(20)16-12-15-10(18-22-12)8-3-4-21-7-8/h3-4,6-7H,2,5H2,1H3,(H2,13,15,16,18,20). The molecular formula is C12H13N7OS2. The van der Waals surface area contributed by atoms with Gasteiger partial charge in [0.1, 0.15) is 5.69 Å². The highest BCUT2D eigenvalue weighted by molar-refractivity contribution is 7.10. The van der Waals surface area contributed by atoms with Gasteiger partial charge in [-0.1, -0.05) is 0 Å². The van der Waals surface area contributed by atoms with Crippen molar-refractivity contribution in [3.63, 3.8) is 0 Å². The van der Waals surface area contributed by atoms with E-state index in [1.807, 2.05) is 23.8 Å². The summed E-state index contributed by atoms with van der Waals surface area (Å²) in [4.78, 5) is 17.7. The van der Waals surface area contributed by atoms with E-state index in [9.17, 15) is 4.79 Å². The first-order valence-corrected chi connectivity index (χ1v) is 8.26. The number of carbonyl (C=O) groups is 1. The van der Waals surface area contributed by atoms with Gasteiger partial charge in [0, 0.05) is 22.5 Å². The fraction of sp³-hybridized carbons (Fsp3) is 0.250. The average molecular weight is 335 g/mol. The van der Waals surface area contributed by atoms with Gasteiger partial charge in [-0.15, -0.1) is 0 Å². The second kappa shape index (κ2) is 6.62. The second-order valence-electron chi connectivity index (χ2n) is 4.27. The maximum absolute atomic E-state index is 11.8. The highest BCUT2D eigenvalue weighted by Gasteiger charge is 2.10. The molecule has 0 saturated heterocycles. The molecule has 0 aliphatic carbocycles. The van der Waals surface area contributed by atoms with E-state index in [2.05, 4.69) is 30.2 Å². The van der Waals surface area contributed by atoms with Crippen molar-refractivity contribution in [2.45, 2.75) is 20.0 Å². The molecule has 0 saturated carbocycles. The van der Waals surface area contributed by atoms with Gasteiger partial charge in [0.2, 0.25) is 5.13 Å². The zero-order chi connectivity index (χ0) is 15.4. The molecule has 22 heavy (non-hydrogen) atoms. The number of thiophene rings is 1. The van der Waals surface area contributed by atoms with Crippen LogP contribution in [0.4, 0.5) is 9.93 Å². The van der Waals surface area contributed by atoms with E-state index < -0.39 is 0 Å². The van der Waals surface area contributed by atoms with Crippen molar-refractivity contribution in [3.05, 3.63) is 28.7 Å². The number of nitrogens with zero attached hydrogens (tertiary/aromatic N) is 5. The number of urea groups is 1. The van der Waals surface area contributed by atoms with Gasteiger partial charge in [-0.25, -0.2) is 4.79 Å². The Morgan fingerprint density at radius 3 is 3.09 bits per heavy atom. The van der Waals surface area contributed by atoms with Gasteiger partial charge in [0.25, 0.3) is 0 Å². The minimum absolute atomic E-state index is 0.308. The van der Waals surface area contributed by atoms with Gasteiger partial charge in [-0.05, 0) is 18.4 Å². The summed E-state index contributed by atoms with van der Waals surface area (Å²) in [6, 6.07) is 1.59. The highest BCUT2D eigenvalue weighted by atomic mass is 32.1. The lowest BCUT2D eigenvalue weighted by Gasteiger charge is -2.02. The van der Waals surface area contributed by atoms with Crippen LogP contribution in [-0.2, 0) is 13.1 Å². The number of nitrogens with one attached hydrogen (secondary N) is 2. The number of aryl methyl sites for hydroxylation is 1. The van der Waals surface area contributed by atoms with Crippen LogP contribution in [0.2, 0.25) is 0 Å². The van der Waals surface area contributed by atoms with Crippen LogP contribution in [-0.4, -0.2) is 30.4 Å². The number of anilines is 1. The molecule has 0 atom stereocenters. The van der Waals surface area contributed by atoms with Crippen molar-refractivity contribution < 1.29 is 4.79 Å². The van der Waals surface area contributed by atoms with Crippen LogP contribution in [0.25, 0.3) is 11.4 Å². The maximum Gasteiger partial charge on any atom is 0.321 e. The van der Waals surface area contributed by atoms with Crippen molar-refractivity contribution in [3.8, 4) is 11.4 Å². The fourth-order valence-corrected chi connectivity index (χ4v) is 2.88. The van der Waals surface area contributed by atoms with E-state index in [-0.39, 0.29) is 6.03 Å². The van der Waals surface area contributed by atoms with Gasteiger partial charge in [-0.2, -0.15) is 35.7 Å². The van der Waals surface area contributed by atoms with Gasteiger partial charge < -0.3 is 5.32 Å². The SMILES string of the molecule is CCn1ncc(CNC(=O)Nc2nc(-c3ccsc3)ns2)n1. The molecule has 3 heterocycles. The maximum atomic E-state index is 11.8. The summed E-state index contributed by atoms with van der Waals surface area (Å²) in [6.45, 7) is 2.95. The van der Waals surface area contributed by atoms with E-state index in [0.717, 1.165) is 17.1 Å². The topological polar surface area (TPSA) is 97.6 Å². The van der Waals surface area contributed by atoms with E-state index in [4.69, 9.17) is 0 Å². The first-order chi connectivity index (χ1) is 10.7. The molecule has 0 aromatic carbocycles. The van der Waals surface area contributed by atoms with Crippen molar-refractivity contribution >= 4 is 34.0 Å². The average Bonchev–Trinajstić information content (AvgIpc) is 3.25. The third-order valence-corrected chi connectivity index (χ3v) is 4.04. The molecule has 0 bridgehead atoms. The molecule has 3 aromatic heterocycles. The molecule has 10 heteroatoms. The lowest BCUT2D eigenvalue weighted by atomic mass is 10.3. The van der Waals surface area contributed by atoms with Crippen LogP contribution < -0.4 is 10.6 Å². The Hall–Kier alpha value is -2.33. The Labute approximate surface area is 134 Å². The summed E-state index contributed by atoms with van der Waals surface area (Å²) >= 11 is 2.72. The molecule has 2 amide bonds. The zero-order valence-electron chi connectivity index (χ0n) is 11.7. The molecule has 0 spiro atoms. The minimum Gasteiger partial charge on any atom is -0.332 e. The van der Waals surface area contributed by atoms with Crippen molar-refractivity contribution in [1.82, 2.24) is 29.7 Å². The Morgan fingerprint density at radius 1 is 1.45 bits per heavy atom. The number of amides is 2. The molecule has 2 N–H and O–H groups in total. The number of hydrogen-bond acceptors (Lipinski definition) is 7. The zero-order valence-corrected chi connectivity index (χ0v) is 13.3. The summed E-state index contributed by atoms with van der Waals surface area (Å²) < 4.78 is 4.21. The highest BCUT2D eigenvalue weighted by Crippen LogP contribution is 2.22. The number of carbonyl (C=O) groups excluding carboxylic acids is 1. The molecule has 8 nitrogen and oxygen atoms in total. The predicted molar refractivity (Wildman–Crippen MR) is 84.8 cm³/mol. The molecule has 3 rings (SSSR count). The van der Waals surface area contributed by atoms with Crippen LogP contribution in [0.5, 0.6) is 0 Å². The van der Waals surface area contributed by atoms with E-state index in [0.29, 0.717) is 29.7 Å². The Balaban J connectivity index is 1.53. The van der Waals surface area contributed by atoms with Gasteiger partial charge in [0.05, 0.1) is 19.3 Å². The molecule has 0 radical (unpaired) electrons. The third kappa shape index (κ3) is 3.46. The van der Waals surface area contributed by atoms with E-state index in [1.165, 1.54) is 0 Å². The van der Waals surface area contributed by atoms with Crippen LogP contribution in [0.1, 0.15) is 12.6 Å². The second-order valence-corrected chi connectivity index (χ2v) is 5.80. The molecular weight excluding hydrogens is 322 g/mol. The number of hydrogen-bond donors (Lipinski definition) is 2. The minimum atomic E-state index is -0.348. The quantitative estimate of drug-likeness (QED) is 0.745. The van der Waals surface area contributed by atoms with Crippen molar-refractivity contribution in [2.75, 3.05) is 5.32 Å². The van der Waals surface area contributed by atoms with Crippen molar-refractivity contribution in [2.24, 2.45) is 0 Å². The Morgan fingerprint density at radius 2 is 2.36 bits per heavy atom. The number of rotatable bonds is 5. The molecule has 3 aromatic rings. The fourth-order valence-electron chi connectivity index (χ4n) is 1.66. The predicted octanol–water partition coefficient (Wildman–Crippen LogP) is 2.20. The van der Waals surface area contributed by atoms with E-state index >= 15 is 0 Å². The number of aromatic nitrogens is 5. The summed E-state index contributed by atoms with van der Waals surface area (Å²) in [6.07, 6.45) is 1.63. The van der Waals surface area contributed by atoms with Gasteiger partial charge in [-0.3, -0.25) is 5.32 Å². The summed E-state index contributed by atoms with van der Waals surface area (Å²) in [5.74, 6) is 0.618. The van der Waals surface area contributed by atoms with Crippen molar-refractivity contribution in [1.29, 1.82) is 0 Å².